The minimum atomic E-state index is -0.199. The normalized spacial score (nSPS) is 25.0. The van der Waals surface area contributed by atoms with E-state index in [4.69, 9.17) is 0 Å². The highest BCUT2D eigenvalue weighted by Gasteiger charge is 2.20. The Morgan fingerprint density at radius 1 is 1.32 bits per heavy atom. The second kappa shape index (κ2) is 9.36. The van der Waals surface area contributed by atoms with Crippen LogP contribution in [0, 0.1) is 11.8 Å². The van der Waals surface area contributed by atoms with Gasteiger partial charge in [0.2, 0.25) is 0 Å². The Labute approximate surface area is 119 Å². The Morgan fingerprint density at radius 2 is 2.11 bits per heavy atom. The highest BCUT2D eigenvalue weighted by atomic mass is 16.3. The van der Waals surface area contributed by atoms with Gasteiger partial charge in [-0.2, -0.15) is 0 Å². The van der Waals surface area contributed by atoms with E-state index in [1.165, 1.54) is 38.5 Å². The number of aliphatic hydroxyl groups excluding tert-OH is 1. The number of hydrogen-bond acceptors (Lipinski definition) is 1. The van der Waals surface area contributed by atoms with Gasteiger partial charge in [0.15, 0.2) is 0 Å². The molecule has 1 fully saturated rings. The number of aliphatic hydroxyl groups is 1. The molecule has 1 heteroatoms. The lowest BCUT2D eigenvalue weighted by Gasteiger charge is -2.12. The van der Waals surface area contributed by atoms with Gasteiger partial charge in [-0.1, -0.05) is 76.7 Å². The molecule has 19 heavy (non-hydrogen) atoms. The molecular weight excluding hydrogens is 232 g/mol. The molecule has 3 atom stereocenters. The zero-order valence-corrected chi connectivity index (χ0v) is 12.9. The molecule has 0 saturated heterocycles. The van der Waals surface area contributed by atoms with Crippen molar-refractivity contribution in [1.82, 2.24) is 0 Å². The lowest BCUT2D eigenvalue weighted by molar-refractivity contribution is 0.162. The Hall–Kier alpha value is -0.560. The zero-order valence-electron chi connectivity index (χ0n) is 12.9. The van der Waals surface area contributed by atoms with E-state index in [0.717, 1.165) is 36.7 Å². The van der Waals surface area contributed by atoms with Crippen molar-refractivity contribution in [3.8, 4) is 0 Å². The molecule has 1 N–H and O–H groups in total. The number of hydrogen-bond donors (Lipinski definition) is 1. The van der Waals surface area contributed by atoms with Crippen LogP contribution in [0.25, 0.3) is 0 Å². The zero-order chi connectivity index (χ0) is 14.1. The van der Waals surface area contributed by atoms with Crippen LogP contribution in [0.3, 0.4) is 0 Å². The predicted octanol–water partition coefficient (Wildman–Crippen LogP) is 5.26. The first-order chi connectivity index (χ1) is 9.13. The minimum Gasteiger partial charge on any atom is -0.393 e. The quantitative estimate of drug-likeness (QED) is 0.445. The standard InChI is InChI=1S/C18H32O/c1-4-5-6-7-11-18(19)14-15(2)12-13-17-10-8-9-16(17)3/h12-13,16-19H,2,4-11,14H2,1,3H3/b13-12-. The van der Waals surface area contributed by atoms with Crippen LogP contribution in [0.15, 0.2) is 24.3 Å². The molecule has 0 radical (unpaired) electrons. The Bertz CT molecular complexity index is 279. The molecule has 0 aromatic rings. The monoisotopic (exact) mass is 264 g/mol. The van der Waals surface area contributed by atoms with Crippen LogP contribution in [-0.4, -0.2) is 11.2 Å². The van der Waals surface area contributed by atoms with E-state index in [1.54, 1.807) is 0 Å². The van der Waals surface area contributed by atoms with Crippen LogP contribution in [0.2, 0.25) is 0 Å². The maximum atomic E-state index is 9.97. The molecule has 0 aromatic heterocycles. The summed E-state index contributed by atoms with van der Waals surface area (Å²) in [6.07, 6.45) is 14.9. The second-order valence-corrected chi connectivity index (χ2v) is 6.30. The van der Waals surface area contributed by atoms with Gasteiger partial charge in [-0.15, -0.1) is 0 Å². The third kappa shape index (κ3) is 6.96. The van der Waals surface area contributed by atoms with Gasteiger partial charge >= 0.3 is 0 Å². The van der Waals surface area contributed by atoms with E-state index in [2.05, 4.69) is 32.6 Å². The van der Waals surface area contributed by atoms with Crippen LogP contribution in [0.4, 0.5) is 0 Å². The second-order valence-electron chi connectivity index (χ2n) is 6.30. The molecule has 1 saturated carbocycles. The van der Waals surface area contributed by atoms with Crippen LogP contribution in [0.5, 0.6) is 0 Å². The summed E-state index contributed by atoms with van der Waals surface area (Å²) in [6.45, 7) is 8.63. The smallest absolute Gasteiger partial charge is 0.0580 e. The van der Waals surface area contributed by atoms with E-state index in [-0.39, 0.29) is 6.10 Å². The van der Waals surface area contributed by atoms with Gasteiger partial charge in [0.25, 0.3) is 0 Å². The van der Waals surface area contributed by atoms with E-state index in [1.807, 2.05) is 0 Å². The van der Waals surface area contributed by atoms with Crippen LogP contribution < -0.4 is 0 Å². The van der Waals surface area contributed by atoms with Gasteiger partial charge in [0, 0.05) is 0 Å². The molecule has 0 aliphatic heterocycles. The van der Waals surface area contributed by atoms with E-state index < -0.39 is 0 Å². The summed E-state index contributed by atoms with van der Waals surface area (Å²) in [7, 11) is 0. The lowest BCUT2D eigenvalue weighted by Crippen LogP contribution is -2.07. The first-order valence-corrected chi connectivity index (χ1v) is 8.17. The van der Waals surface area contributed by atoms with Crippen molar-refractivity contribution in [2.45, 2.75) is 77.7 Å². The van der Waals surface area contributed by atoms with Gasteiger partial charge in [-0.3, -0.25) is 0 Å². The fourth-order valence-electron chi connectivity index (χ4n) is 3.00. The fourth-order valence-corrected chi connectivity index (χ4v) is 3.00. The molecule has 1 rings (SSSR count). The number of rotatable bonds is 9. The van der Waals surface area contributed by atoms with Gasteiger partial charge < -0.3 is 5.11 Å². The molecule has 0 spiro atoms. The third-order valence-electron chi connectivity index (χ3n) is 4.40. The van der Waals surface area contributed by atoms with Crippen molar-refractivity contribution < 1.29 is 5.11 Å². The van der Waals surface area contributed by atoms with E-state index in [9.17, 15) is 5.11 Å². The van der Waals surface area contributed by atoms with Crippen LogP contribution in [-0.2, 0) is 0 Å². The molecule has 0 aromatic carbocycles. The fraction of sp³-hybridized carbons (Fsp3) is 0.778. The van der Waals surface area contributed by atoms with Gasteiger partial charge in [0.1, 0.15) is 0 Å². The Balaban J connectivity index is 2.17. The van der Waals surface area contributed by atoms with Crippen molar-refractivity contribution in [1.29, 1.82) is 0 Å². The number of allylic oxidation sites excluding steroid dienone is 2. The summed E-state index contributed by atoms with van der Waals surface area (Å²) in [5.74, 6) is 1.56. The summed E-state index contributed by atoms with van der Waals surface area (Å²) < 4.78 is 0. The summed E-state index contributed by atoms with van der Waals surface area (Å²) in [5, 5.41) is 9.97. The summed E-state index contributed by atoms with van der Waals surface area (Å²) in [4.78, 5) is 0. The molecule has 1 aliphatic rings. The largest absolute Gasteiger partial charge is 0.393 e. The topological polar surface area (TPSA) is 20.2 Å². The predicted molar refractivity (Wildman–Crippen MR) is 84.2 cm³/mol. The van der Waals surface area contributed by atoms with Gasteiger partial charge in [-0.25, -0.2) is 0 Å². The van der Waals surface area contributed by atoms with Gasteiger partial charge in [-0.05, 0) is 31.1 Å². The molecule has 1 aliphatic carbocycles. The molecular formula is C18H32O. The van der Waals surface area contributed by atoms with E-state index >= 15 is 0 Å². The van der Waals surface area contributed by atoms with Crippen molar-refractivity contribution >= 4 is 0 Å². The average molecular weight is 264 g/mol. The summed E-state index contributed by atoms with van der Waals surface area (Å²) >= 11 is 0. The molecule has 3 unspecified atom stereocenters. The molecule has 0 heterocycles. The number of unbranched alkanes of at least 4 members (excludes halogenated alkanes) is 3. The minimum absolute atomic E-state index is 0.199. The highest BCUT2D eigenvalue weighted by molar-refractivity contribution is 5.16. The maximum Gasteiger partial charge on any atom is 0.0580 e. The summed E-state index contributed by atoms with van der Waals surface area (Å²) in [5.41, 5.74) is 1.09. The Kier molecular flexibility index (Phi) is 8.13. The van der Waals surface area contributed by atoms with Crippen molar-refractivity contribution in [2.24, 2.45) is 11.8 Å². The molecule has 0 bridgehead atoms. The highest BCUT2D eigenvalue weighted by Crippen LogP contribution is 2.32. The maximum absolute atomic E-state index is 9.97. The van der Waals surface area contributed by atoms with Crippen LogP contribution >= 0.6 is 0 Å². The first-order valence-electron chi connectivity index (χ1n) is 8.17. The summed E-state index contributed by atoms with van der Waals surface area (Å²) in [6, 6.07) is 0. The third-order valence-corrected chi connectivity index (χ3v) is 4.40. The molecule has 110 valence electrons. The van der Waals surface area contributed by atoms with E-state index in [0.29, 0.717) is 0 Å². The average Bonchev–Trinajstić information content (AvgIpc) is 2.78. The molecule has 0 amide bonds. The Morgan fingerprint density at radius 3 is 2.74 bits per heavy atom. The molecule has 1 nitrogen and oxygen atoms in total. The van der Waals surface area contributed by atoms with Crippen molar-refractivity contribution in [3.63, 3.8) is 0 Å². The lowest BCUT2D eigenvalue weighted by atomic mass is 9.96. The van der Waals surface area contributed by atoms with Crippen LogP contribution in [0.1, 0.15) is 71.6 Å². The van der Waals surface area contributed by atoms with Gasteiger partial charge in [0.05, 0.1) is 6.10 Å². The SMILES string of the molecule is C=C(/C=C\C1CCCC1C)CC(O)CCCCCC. The van der Waals surface area contributed by atoms with Crippen molar-refractivity contribution in [3.05, 3.63) is 24.3 Å². The van der Waals surface area contributed by atoms with Crippen molar-refractivity contribution in [2.75, 3.05) is 0 Å². The first kappa shape index (κ1) is 16.5.